The van der Waals surface area contributed by atoms with E-state index in [0.717, 1.165) is 0 Å². The van der Waals surface area contributed by atoms with E-state index in [4.69, 9.17) is 0 Å². The summed E-state index contributed by atoms with van der Waals surface area (Å²) in [5.74, 6) is -1.04. The Morgan fingerprint density at radius 2 is 2.28 bits per heavy atom. The van der Waals surface area contributed by atoms with Gasteiger partial charge >= 0.3 is 5.97 Å². The van der Waals surface area contributed by atoms with E-state index < -0.39 is 12.0 Å². The monoisotopic (exact) mass is 253 g/mol. The number of carbonyl (C=O) groups excluding carboxylic acids is 1. The Labute approximate surface area is 106 Å². The Morgan fingerprint density at radius 1 is 1.61 bits per heavy atom. The molecule has 1 amide bonds. The molecule has 0 bridgehead atoms. The summed E-state index contributed by atoms with van der Waals surface area (Å²) in [5.41, 5.74) is 0.526. The van der Waals surface area contributed by atoms with Crippen molar-refractivity contribution in [3.63, 3.8) is 0 Å². The summed E-state index contributed by atoms with van der Waals surface area (Å²) in [6.45, 7) is 6.18. The van der Waals surface area contributed by atoms with Gasteiger partial charge in [0.05, 0.1) is 18.2 Å². The molecule has 0 aliphatic carbocycles. The summed E-state index contributed by atoms with van der Waals surface area (Å²) in [7, 11) is 0. The largest absolute Gasteiger partial charge is 0.479 e. The van der Waals surface area contributed by atoms with E-state index >= 15 is 0 Å². The maximum Gasteiger partial charge on any atom is 0.332 e. The minimum Gasteiger partial charge on any atom is -0.479 e. The zero-order chi connectivity index (χ0) is 13.7. The minimum absolute atomic E-state index is 0.0967. The Hall–Kier alpha value is -1.85. The van der Waals surface area contributed by atoms with Crippen molar-refractivity contribution in [2.75, 3.05) is 6.54 Å². The molecule has 0 saturated carbocycles. The average molecular weight is 253 g/mol. The molecule has 1 aromatic rings. The lowest BCUT2D eigenvalue weighted by atomic mass is 10.1. The van der Waals surface area contributed by atoms with Crippen LogP contribution in [0.15, 0.2) is 12.5 Å². The summed E-state index contributed by atoms with van der Waals surface area (Å²) < 4.78 is 1.77. The number of hydrogen-bond acceptors (Lipinski definition) is 3. The molecule has 1 N–H and O–H groups in total. The minimum atomic E-state index is -1.04. The SMILES string of the molecule is CCCN(C=O)C(C(=O)O)c1cncn1C(C)C. The fourth-order valence-corrected chi connectivity index (χ4v) is 1.90. The lowest BCUT2D eigenvalue weighted by Gasteiger charge is -2.26. The van der Waals surface area contributed by atoms with Gasteiger partial charge in [0.2, 0.25) is 6.41 Å². The zero-order valence-corrected chi connectivity index (χ0v) is 10.9. The summed E-state index contributed by atoms with van der Waals surface area (Å²) in [5, 5.41) is 9.34. The van der Waals surface area contributed by atoms with Gasteiger partial charge in [-0.05, 0) is 20.3 Å². The fourth-order valence-electron chi connectivity index (χ4n) is 1.90. The number of carboxylic acid groups (broad SMARTS) is 1. The van der Waals surface area contributed by atoms with Crippen LogP contribution in [0.25, 0.3) is 0 Å². The maximum absolute atomic E-state index is 11.4. The predicted molar refractivity (Wildman–Crippen MR) is 66.0 cm³/mol. The molecule has 0 aliphatic heterocycles. The van der Waals surface area contributed by atoms with E-state index in [1.54, 1.807) is 10.9 Å². The van der Waals surface area contributed by atoms with Gasteiger partial charge in [0.1, 0.15) is 0 Å². The van der Waals surface area contributed by atoms with E-state index in [1.807, 2.05) is 20.8 Å². The van der Waals surface area contributed by atoms with E-state index in [9.17, 15) is 14.7 Å². The second-order valence-electron chi connectivity index (χ2n) is 4.40. The zero-order valence-electron chi connectivity index (χ0n) is 10.9. The number of aliphatic carboxylic acids is 1. The van der Waals surface area contributed by atoms with E-state index in [-0.39, 0.29) is 6.04 Å². The Bertz CT molecular complexity index is 414. The molecule has 1 unspecified atom stereocenters. The van der Waals surface area contributed by atoms with Crippen LogP contribution in [0.4, 0.5) is 0 Å². The van der Waals surface area contributed by atoms with Gasteiger partial charge in [-0.2, -0.15) is 0 Å². The third-order valence-electron chi connectivity index (χ3n) is 2.72. The molecule has 0 radical (unpaired) electrons. The van der Waals surface area contributed by atoms with Crippen molar-refractivity contribution >= 4 is 12.4 Å². The van der Waals surface area contributed by atoms with Gasteiger partial charge < -0.3 is 14.6 Å². The molecular formula is C12H19N3O3. The number of nitrogens with zero attached hydrogens (tertiary/aromatic N) is 3. The Kier molecular flexibility index (Phi) is 4.88. The first-order valence-corrected chi connectivity index (χ1v) is 5.98. The molecular weight excluding hydrogens is 234 g/mol. The highest BCUT2D eigenvalue weighted by Gasteiger charge is 2.29. The average Bonchev–Trinajstić information content (AvgIpc) is 2.76. The molecule has 18 heavy (non-hydrogen) atoms. The third kappa shape index (κ3) is 2.88. The molecule has 0 aromatic carbocycles. The van der Waals surface area contributed by atoms with Crippen molar-refractivity contribution in [1.29, 1.82) is 0 Å². The second kappa shape index (κ2) is 6.18. The van der Waals surface area contributed by atoms with Crippen molar-refractivity contribution < 1.29 is 14.7 Å². The van der Waals surface area contributed by atoms with Crippen LogP contribution in [0.3, 0.4) is 0 Å². The molecule has 6 nitrogen and oxygen atoms in total. The quantitative estimate of drug-likeness (QED) is 0.746. The molecule has 0 saturated heterocycles. The van der Waals surface area contributed by atoms with Crippen LogP contribution in [0.1, 0.15) is 45.0 Å². The van der Waals surface area contributed by atoms with Crippen LogP contribution in [-0.2, 0) is 9.59 Å². The van der Waals surface area contributed by atoms with Gasteiger partial charge in [-0.15, -0.1) is 0 Å². The number of carboxylic acids is 1. The molecule has 100 valence electrons. The van der Waals surface area contributed by atoms with Crippen LogP contribution in [0.2, 0.25) is 0 Å². The number of aromatic nitrogens is 2. The van der Waals surface area contributed by atoms with Crippen LogP contribution >= 0.6 is 0 Å². The number of hydrogen-bond donors (Lipinski definition) is 1. The maximum atomic E-state index is 11.4. The van der Waals surface area contributed by atoms with Gasteiger partial charge in [-0.1, -0.05) is 6.92 Å². The van der Waals surface area contributed by atoms with Crippen molar-refractivity contribution in [3.05, 3.63) is 18.2 Å². The molecule has 1 heterocycles. The van der Waals surface area contributed by atoms with Gasteiger partial charge in [0.15, 0.2) is 6.04 Å². The highest BCUT2D eigenvalue weighted by molar-refractivity contribution is 5.77. The summed E-state index contributed by atoms with van der Waals surface area (Å²) in [6.07, 6.45) is 4.38. The van der Waals surface area contributed by atoms with Crippen LogP contribution < -0.4 is 0 Å². The van der Waals surface area contributed by atoms with Gasteiger partial charge in [0, 0.05) is 12.6 Å². The molecule has 0 spiro atoms. The fraction of sp³-hybridized carbons (Fsp3) is 0.583. The van der Waals surface area contributed by atoms with Gasteiger partial charge in [-0.25, -0.2) is 9.78 Å². The van der Waals surface area contributed by atoms with Crippen molar-refractivity contribution in [2.24, 2.45) is 0 Å². The molecule has 6 heteroatoms. The predicted octanol–water partition coefficient (Wildman–Crippen LogP) is 1.46. The van der Waals surface area contributed by atoms with Gasteiger partial charge in [-0.3, -0.25) is 4.79 Å². The lowest BCUT2D eigenvalue weighted by molar-refractivity contribution is -0.147. The van der Waals surface area contributed by atoms with Crippen molar-refractivity contribution in [1.82, 2.24) is 14.5 Å². The molecule has 1 rings (SSSR count). The first kappa shape index (κ1) is 14.2. The highest BCUT2D eigenvalue weighted by atomic mass is 16.4. The summed E-state index contributed by atoms with van der Waals surface area (Å²) in [6, 6.07) is -0.883. The Morgan fingerprint density at radius 3 is 2.72 bits per heavy atom. The normalized spacial score (nSPS) is 12.4. The molecule has 1 atom stereocenters. The molecule has 0 fully saturated rings. The molecule has 0 aliphatic rings. The third-order valence-corrected chi connectivity index (χ3v) is 2.72. The topological polar surface area (TPSA) is 75.4 Å². The number of rotatable bonds is 7. The second-order valence-corrected chi connectivity index (χ2v) is 4.40. The van der Waals surface area contributed by atoms with Crippen LogP contribution in [0, 0.1) is 0 Å². The Balaban J connectivity index is 3.15. The van der Waals surface area contributed by atoms with Crippen molar-refractivity contribution in [3.8, 4) is 0 Å². The molecule has 1 aromatic heterocycles. The van der Waals surface area contributed by atoms with E-state index in [2.05, 4.69) is 4.98 Å². The van der Waals surface area contributed by atoms with Crippen LogP contribution in [0.5, 0.6) is 0 Å². The van der Waals surface area contributed by atoms with Crippen LogP contribution in [-0.4, -0.2) is 38.5 Å². The van der Waals surface area contributed by atoms with E-state index in [1.165, 1.54) is 11.1 Å². The van der Waals surface area contributed by atoms with Crippen molar-refractivity contribution in [2.45, 2.75) is 39.3 Å². The number of amides is 1. The summed E-state index contributed by atoms with van der Waals surface area (Å²) >= 11 is 0. The smallest absolute Gasteiger partial charge is 0.332 e. The summed E-state index contributed by atoms with van der Waals surface area (Å²) in [4.78, 5) is 27.7. The number of carbonyl (C=O) groups is 2. The first-order valence-electron chi connectivity index (χ1n) is 5.98. The highest BCUT2D eigenvalue weighted by Crippen LogP contribution is 2.22. The first-order chi connectivity index (χ1) is 8.52. The van der Waals surface area contributed by atoms with Gasteiger partial charge in [0.25, 0.3) is 0 Å². The lowest BCUT2D eigenvalue weighted by Crippen LogP contribution is -2.35. The standard InChI is InChI=1S/C12H19N3O3/c1-4-5-14(8-16)11(12(17)18)10-6-13-7-15(10)9(2)3/h6-9,11H,4-5H2,1-3H3,(H,17,18). The number of imidazole rings is 1. The van der Waals surface area contributed by atoms with E-state index in [0.29, 0.717) is 25.1 Å².